The third-order valence-corrected chi connectivity index (χ3v) is 5.24. The van der Waals surface area contributed by atoms with Crippen LogP contribution in [0.4, 0.5) is 4.39 Å². The number of carbonyl (C=O) groups is 1. The van der Waals surface area contributed by atoms with E-state index < -0.39 is 0 Å². The lowest BCUT2D eigenvalue weighted by Crippen LogP contribution is -2.42. The average Bonchev–Trinajstić information content (AvgIpc) is 2.72. The van der Waals surface area contributed by atoms with Crippen LogP contribution in [-0.4, -0.2) is 37.1 Å². The van der Waals surface area contributed by atoms with E-state index in [-0.39, 0.29) is 17.6 Å². The highest BCUT2D eigenvalue weighted by Crippen LogP contribution is 2.30. The van der Waals surface area contributed by atoms with E-state index in [1.165, 1.54) is 6.07 Å². The molecule has 1 atom stereocenters. The molecule has 1 N–H and O–H groups in total. The smallest absolute Gasteiger partial charge is 0.224 e. The van der Waals surface area contributed by atoms with Gasteiger partial charge in [-0.2, -0.15) is 0 Å². The Morgan fingerprint density at radius 3 is 2.82 bits per heavy atom. The largest absolute Gasteiger partial charge is 0.486 e. The first-order valence-corrected chi connectivity index (χ1v) is 9.80. The summed E-state index contributed by atoms with van der Waals surface area (Å²) in [5.74, 6) is 1.29. The van der Waals surface area contributed by atoms with Crippen molar-refractivity contribution in [2.75, 3.05) is 26.3 Å². The molecule has 2 aliphatic heterocycles. The van der Waals surface area contributed by atoms with Crippen molar-refractivity contribution in [2.24, 2.45) is 5.92 Å². The third-order valence-electron chi connectivity index (χ3n) is 5.24. The van der Waals surface area contributed by atoms with Gasteiger partial charge in [-0.25, -0.2) is 4.39 Å². The van der Waals surface area contributed by atoms with E-state index in [0.717, 1.165) is 42.0 Å². The second-order valence-electron chi connectivity index (χ2n) is 7.40. The van der Waals surface area contributed by atoms with E-state index >= 15 is 0 Å². The molecular formula is C22H25FN2O3. The fourth-order valence-corrected chi connectivity index (χ4v) is 3.84. The van der Waals surface area contributed by atoms with Crippen LogP contribution in [0.3, 0.4) is 0 Å². The number of halogens is 1. The zero-order valence-corrected chi connectivity index (χ0v) is 15.8. The van der Waals surface area contributed by atoms with Crippen molar-refractivity contribution >= 4 is 5.91 Å². The highest BCUT2D eigenvalue weighted by Gasteiger charge is 2.25. The van der Waals surface area contributed by atoms with Crippen molar-refractivity contribution in [3.8, 4) is 11.5 Å². The Morgan fingerprint density at radius 1 is 1.11 bits per heavy atom. The van der Waals surface area contributed by atoms with Crippen molar-refractivity contribution in [1.29, 1.82) is 0 Å². The molecule has 2 aromatic carbocycles. The van der Waals surface area contributed by atoms with E-state index in [2.05, 4.69) is 10.2 Å². The standard InChI is InChI=1S/C22H25FN2O3/c23-19-5-1-3-17(11-19)14-25-8-2-4-18(15-25)22(26)24-13-16-6-7-20-21(12-16)28-10-9-27-20/h1,3,5-7,11-12,18H,2,4,8-10,13-15H2,(H,24,26). The van der Waals surface area contributed by atoms with Crippen molar-refractivity contribution < 1.29 is 18.7 Å². The fourth-order valence-electron chi connectivity index (χ4n) is 3.84. The summed E-state index contributed by atoms with van der Waals surface area (Å²) < 4.78 is 24.5. The quantitative estimate of drug-likeness (QED) is 0.861. The number of rotatable bonds is 5. The zero-order valence-electron chi connectivity index (χ0n) is 15.8. The summed E-state index contributed by atoms with van der Waals surface area (Å²) in [5, 5.41) is 3.05. The predicted molar refractivity (Wildman–Crippen MR) is 104 cm³/mol. The van der Waals surface area contributed by atoms with Crippen LogP contribution in [0.5, 0.6) is 11.5 Å². The Morgan fingerprint density at radius 2 is 1.96 bits per heavy atom. The van der Waals surface area contributed by atoms with Crippen LogP contribution in [0.25, 0.3) is 0 Å². The van der Waals surface area contributed by atoms with Crippen molar-refractivity contribution in [1.82, 2.24) is 10.2 Å². The maximum absolute atomic E-state index is 13.4. The molecule has 5 nitrogen and oxygen atoms in total. The molecule has 1 unspecified atom stereocenters. The number of nitrogens with zero attached hydrogens (tertiary/aromatic N) is 1. The fraction of sp³-hybridized carbons (Fsp3) is 0.409. The number of fused-ring (bicyclic) bond motifs is 1. The molecule has 1 fully saturated rings. The van der Waals surface area contributed by atoms with Gasteiger partial charge in [0.05, 0.1) is 5.92 Å². The first kappa shape index (κ1) is 18.7. The van der Waals surface area contributed by atoms with Gasteiger partial charge >= 0.3 is 0 Å². The summed E-state index contributed by atoms with van der Waals surface area (Å²) in [7, 11) is 0. The van der Waals surface area contributed by atoms with Crippen LogP contribution in [0, 0.1) is 11.7 Å². The molecule has 0 radical (unpaired) electrons. The van der Waals surface area contributed by atoms with Gasteiger partial charge in [0, 0.05) is 19.6 Å². The van der Waals surface area contributed by atoms with Crippen molar-refractivity contribution in [2.45, 2.75) is 25.9 Å². The first-order valence-electron chi connectivity index (χ1n) is 9.80. The summed E-state index contributed by atoms with van der Waals surface area (Å²) in [6.45, 7) is 3.88. The number of amides is 1. The Kier molecular flexibility index (Phi) is 5.76. The Hall–Kier alpha value is -2.60. The molecule has 0 saturated carbocycles. The van der Waals surface area contributed by atoms with Gasteiger partial charge in [-0.1, -0.05) is 18.2 Å². The van der Waals surface area contributed by atoms with Crippen LogP contribution >= 0.6 is 0 Å². The van der Waals surface area contributed by atoms with Crippen LogP contribution < -0.4 is 14.8 Å². The minimum absolute atomic E-state index is 0.0421. The number of benzene rings is 2. The van der Waals surface area contributed by atoms with Gasteiger partial charge in [0.15, 0.2) is 11.5 Å². The molecule has 1 saturated heterocycles. The second kappa shape index (κ2) is 8.61. The van der Waals surface area contributed by atoms with Gasteiger partial charge in [-0.15, -0.1) is 0 Å². The maximum atomic E-state index is 13.4. The number of ether oxygens (including phenoxy) is 2. The summed E-state index contributed by atoms with van der Waals surface area (Å²) >= 11 is 0. The summed E-state index contributed by atoms with van der Waals surface area (Å²) in [6, 6.07) is 12.4. The Bertz CT molecular complexity index is 842. The molecular weight excluding hydrogens is 359 g/mol. The van der Waals surface area contributed by atoms with Gasteiger partial charge < -0.3 is 14.8 Å². The van der Waals surface area contributed by atoms with Gasteiger partial charge in [0.2, 0.25) is 5.91 Å². The van der Waals surface area contributed by atoms with E-state index in [9.17, 15) is 9.18 Å². The summed E-state index contributed by atoms with van der Waals surface area (Å²) in [4.78, 5) is 14.9. The number of hydrogen-bond acceptors (Lipinski definition) is 4. The monoisotopic (exact) mass is 384 g/mol. The van der Waals surface area contributed by atoms with Crippen LogP contribution in [0.15, 0.2) is 42.5 Å². The SMILES string of the molecule is O=C(NCc1ccc2c(c1)OCCO2)C1CCCN(Cc2cccc(F)c2)C1. The van der Waals surface area contributed by atoms with Crippen LogP contribution in [0.1, 0.15) is 24.0 Å². The molecule has 28 heavy (non-hydrogen) atoms. The Labute approximate surface area is 164 Å². The van der Waals surface area contributed by atoms with E-state index in [1.54, 1.807) is 12.1 Å². The molecule has 2 heterocycles. The molecule has 0 aromatic heterocycles. The lowest BCUT2D eigenvalue weighted by molar-refractivity contribution is -0.126. The molecule has 2 aliphatic rings. The molecule has 0 aliphatic carbocycles. The molecule has 2 aromatic rings. The number of likely N-dealkylation sites (tertiary alicyclic amines) is 1. The summed E-state index contributed by atoms with van der Waals surface area (Å²) in [5.41, 5.74) is 1.93. The topological polar surface area (TPSA) is 50.8 Å². The van der Waals surface area contributed by atoms with Crippen LogP contribution in [-0.2, 0) is 17.9 Å². The highest BCUT2D eigenvalue weighted by molar-refractivity contribution is 5.79. The minimum atomic E-state index is -0.219. The van der Waals surface area contributed by atoms with Gasteiger partial charge in [-0.05, 0) is 54.8 Å². The van der Waals surface area contributed by atoms with Crippen molar-refractivity contribution in [3.63, 3.8) is 0 Å². The molecule has 4 rings (SSSR count). The van der Waals surface area contributed by atoms with Gasteiger partial charge in [-0.3, -0.25) is 9.69 Å². The van der Waals surface area contributed by atoms with Crippen molar-refractivity contribution in [3.05, 3.63) is 59.4 Å². The van der Waals surface area contributed by atoms with Gasteiger partial charge in [0.25, 0.3) is 0 Å². The predicted octanol–water partition coefficient (Wildman–Crippen LogP) is 3.13. The highest BCUT2D eigenvalue weighted by atomic mass is 19.1. The Balaban J connectivity index is 1.30. The second-order valence-corrected chi connectivity index (χ2v) is 7.40. The molecule has 0 spiro atoms. The maximum Gasteiger partial charge on any atom is 0.224 e. The molecule has 1 amide bonds. The minimum Gasteiger partial charge on any atom is -0.486 e. The molecule has 148 valence electrons. The van der Waals surface area contributed by atoms with Gasteiger partial charge in [0.1, 0.15) is 19.0 Å². The zero-order chi connectivity index (χ0) is 19.3. The lowest BCUT2D eigenvalue weighted by atomic mass is 9.96. The number of nitrogens with one attached hydrogen (secondary N) is 1. The van der Waals surface area contributed by atoms with Crippen LogP contribution in [0.2, 0.25) is 0 Å². The number of piperidine rings is 1. The normalized spacial score (nSPS) is 19.2. The van der Waals surface area contributed by atoms with E-state index in [4.69, 9.17) is 9.47 Å². The molecule has 6 heteroatoms. The number of hydrogen-bond donors (Lipinski definition) is 1. The third kappa shape index (κ3) is 4.62. The number of carbonyl (C=O) groups excluding carboxylic acids is 1. The van der Waals surface area contributed by atoms with E-state index in [1.807, 2.05) is 24.3 Å². The average molecular weight is 384 g/mol. The summed E-state index contributed by atoms with van der Waals surface area (Å²) in [6.07, 6.45) is 1.85. The molecule has 0 bridgehead atoms. The lowest BCUT2D eigenvalue weighted by Gasteiger charge is -2.32. The first-order chi connectivity index (χ1) is 13.7. The van der Waals surface area contributed by atoms with E-state index in [0.29, 0.717) is 32.8 Å².